The summed E-state index contributed by atoms with van der Waals surface area (Å²) in [4.78, 5) is 15.5. The molecule has 0 radical (unpaired) electrons. The molecule has 1 amide bonds. The predicted molar refractivity (Wildman–Crippen MR) is 97.6 cm³/mol. The van der Waals surface area contributed by atoms with E-state index in [9.17, 15) is 4.79 Å². The molecule has 0 saturated heterocycles. The molecule has 4 heteroatoms. The highest BCUT2D eigenvalue weighted by molar-refractivity contribution is 7.09. The highest BCUT2D eigenvalue weighted by Crippen LogP contribution is 2.16. The zero-order valence-electron chi connectivity index (χ0n) is 14.4. The molecule has 0 fully saturated rings. The molecular formula is C19H26N2OS. The van der Waals surface area contributed by atoms with Crippen molar-refractivity contribution in [2.45, 2.75) is 45.8 Å². The Bertz CT molecular complexity index is 605. The van der Waals surface area contributed by atoms with Gasteiger partial charge in [0.1, 0.15) is 0 Å². The zero-order chi connectivity index (χ0) is 16.8. The van der Waals surface area contributed by atoms with Crippen LogP contribution in [0.15, 0.2) is 41.8 Å². The molecule has 1 aromatic carbocycles. The topological polar surface area (TPSA) is 32.3 Å². The third-order valence-electron chi connectivity index (χ3n) is 4.14. The second-order valence-electron chi connectivity index (χ2n) is 6.28. The van der Waals surface area contributed by atoms with Crippen LogP contribution in [0.25, 0.3) is 0 Å². The first-order valence-corrected chi connectivity index (χ1v) is 8.94. The van der Waals surface area contributed by atoms with Gasteiger partial charge >= 0.3 is 0 Å². The van der Waals surface area contributed by atoms with Crippen LogP contribution >= 0.6 is 11.3 Å². The van der Waals surface area contributed by atoms with Crippen LogP contribution in [-0.2, 0) is 17.9 Å². The molecular weight excluding hydrogens is 304 g/mol. The Hall–Kier alpha value is -1.65. The van der Waals surface area contributed by atoms with Gasteiger partial charge in [-0.25, -0.2) is 0 Å². The number of carbonyl (C=O) groups is 1. The summed E-state index contributed by atoms with van der Waals surface area (Å²) in [7, 11) is 1.99. The lowest BCUT2D eigenvalue weighted by molar-refractivity contribution is -0.125. The smallest absolute Gasteiger partial charge is 0.237 e. The first kappa shape index (κ1) is 17.7. The quantitative estimate of drug-likeness (QED) is 0.832. The van der Waals surface area contributed by atoms with Crippen molar-refractivity contribution in [3.63, 3.8) is 0 Å². The van der Waals surface area contributed by atoms with Crippen LogP contribution in [0, 0.1) is 0 Å². The molecule has 2 rings (SSSR count). The van der Waals surface area contributed by atoms with Gasteiger partial charge in [0, 0.05) is 11.4 Å². The van der Waals surface area contributed by atoms with Crippen LogP contribution < -0.4 is 5.32 Å². The zero-order valence-corrected chi connectivity index (χ0v) is 15.2. The fourth-order valence-corrected chi connectivity index (χ4v) is 3.01. The number of likely N-dealkylation sites (N-methyl/N-ethyl adjacent to an activating group) is 1. The Balaban J connectivity index is 1.85. The van der Waals surface area contributed by atoms with Gasteiger partial charge in [-0.15, -0.1) is 11.3 Å². The molecule has 1 N–H and O–H groups in total. The normalized spacial score (nSPS) is 12.6. The van der Waals surface area contributed by atoms with Crippen LogP contribution in [0.2, 0.25) is 0 Å². The van der Waals surface area contributed by atoms with Crippen molar-refractivity contribution >= 4 is 17.2 Å². The maximum absolute atomic E-state index is 12.3. The number of thiophene rings is 1. The molecule has 0 saturated carbocycles. The number of benzene rings is 1. The fourth-order valence-electron chi connectivity index (χ4n) is 2.37. The number of nitrogens with one attached hydrogen (secondary N) is 1. The van der Waals surface area contributed by atoms with E-state index in [1.54, 1.807) is 11.3 Å². The maximum Gasteiger partial charge on any atom is 0.237 e. The monoisotopic (exact) mass is 330 g/mol. The Kier molecular flexibility index (Phi) is 6.37. The van der Waals surface area contributed by atoms with Crippen molar-refractivity contribution in [2.75, 3.05) is 7.05 Å². The van der Waals surface area contributed by atoms with Crippen molar-refractivity contribution in [1.82, 2.24) is 10.2 Å². The first-order valence-electron chi connectivity index (χ1n) is 8.06. The van der Waals surface area contributed by atoms with Crippen molar-refractivity contribution in [3.8, 4) is 0 Å². The Morgan fingerprint density at radius 2 is 1.87 bits per heavy atom. The lowest BCUT2D eigenvalue weighted by Gasteiger charge is -2.24. The van der Waals surface area contributed by atoms with E-state index in [1.165, 1.54) is 16.0 Å². The molecule has 0 aliphatic rings. The summed E-state index contributed by atoms with van der Waals surface area (Å²) >= 11 is 1.66. The van der Waals surface area contributed by atoms with Gasteiger partial charge in [0.25, 0.3) is 0 Å². The van der Waals surface area contributed by atoms with Gasteiger partial charge in [0.05, 0.1) is 12.6 Å². The largest absolute Gasteiger partial charge is 0.350 e. The van der Waals surface area contributed by atoms with Crippen LogP contribution in [0.5, 0.6) is 0 Å². The highest BCUT2D eigenvalue weighted by Gasteiger charge is 2.18. The summed E-state index contributed by atoms with van der Waals surface area (Å²) < 4.78 is 0. The van der Waals surface area contributed by atoms with Crippen LogP contribution in [0.3, 0.4) is 0 Å². The highest BCUT2D eigenvalue weighted by atomic mass is 32.1. The van der Waals surface area contributed by atoms with Gasteiger partial charge in [0.15, 0.2) is 0 Å². The fraction of sp³-hybridized carbons (Fsp3) is 0.421. The lowest BCUT2D eigenvalue weighted by atomic mass is 10.0. The van der Waals surface area contributed by atoms with E-state index in [-0.39, 0.29) is 11.9 Å². The first-order chi connectivity index (χ1) is 11.0. The Morgan fingerprint density at radius 3 is 2.43 bits per heavy atom. The van der Waals surface area contributed by atoms with Gasteiger partial charge in [-0.3, -0.25) is 9.69 Å². The lowest BCUT2D eigenvalue weighted by Crippen LogP contribution is -2.42. The van der Waals surface area contributed by atoms with Crippen LogP contribution in [0.1, 0.15) is 42.7 Å². The molecule has 0 bridgehead atoms. The minimum Gasteiger partial charge on any atom is -0.350 e. The Labute approximate surface area is 143 Å². The van der Waals surface area contributed by atoms with Gasteiger partial charge in [0.2, 0.25) is 5.91 Å². The molecule has 0 aliphatic carbocycles. The molecule has 23 heavy (non-hydrogen) atoms. The third-order valence-corrected chi connectivity index (χ3v) is 5.01. The minimum absolute atomic E-state index is 0.0692. The summed E-state index contributed by atoms with van der Waals surface area (Å²) in [6, 6.07) is 12.5. The van der Waals surface area contributed by atoms with E-state index in [2.05, 4.69) is 48.3 Å². The second-order valence-corrected chi connectivity index (χ2v) is 7.32. The van der Waals surface area contributed by atoms with Crippen molar-refractivity contribution in [2.24, 2.45) is 0 Å². The summed E-state index contributed by atoms with van der Waals surface area (Å²) in [6.07, 6.45) is 0. The van der Waals surface area contributed by atoms with Gasteiger partial charge < -0.3 is 5.32 Å². The number of rotatable bonds is 7. The van der Waals surface area contributed by atoms with Gasteiger partial charge in [-0.2, -0.15) is 0 Å². The molecule has 0 spiro atoms. The van der Waals surface area contributed by atoms with Crippen molar-refractivity contribution < 1.29 is 4.79 Å². The third kappa shape index (κ3) is 5.19. The van der Waals surface area contributed by atoms with Crippen LogP contribution in [-0.4, -0.2) is 23.9 Å². The minimum atomic E-state index is -0.153. The Morgan fingerprint density at radius 1 is 1.17 bits per heavy atom. The molecule has 1 heterocycles. The molecule has 1 atom stereocenters. The molecule has 3 nitrogen and oxygen atoms in total. The number of carbonyl (C=O) groups excluding carboxylic acids is 1. The van der Waals surface area contributed by atoms with Crippen molar-refractivity contribution in [3.05, 3.63) is 57.8 Å². The standard InChI is InChI=1S/C19H26N2OS/c1-14(2)17-9-7-16(8-10-17)13-21(4)15(3)19(22)20-12-18-6-5-11-23-18/h5-11,14-15H,12-13H2,1-4H3,(H,20,22). The molecule has 2 aromatic rings. The summed E-state index contributed by atoms with van der Waals surface area (Å²) in [5.41, 5.74) is 2.58. The summed E-state index contributed by atoms with van der Waals surface area (Å²) in [5, 5.41) is 5.03. The second kappa shape index (κ2) is 8.27. The van der Waals surface area contributed by atoms with E-state index in [0.717, 1.165) is 6.54 Å². The van der Waals surface area contributed by atoms with E-state index in [0.29, 0.717) is 12.5 Å². The SMILES string of the molecule is CC(C)c1ccc(CN(C)C(C)C(=O)NCc2cccs2)cc1. The number of hydrogen-bond acceptors (Lipinski definition) is 3. The summed E-state index contributed by atoms with van der Waals surface area (Å²) in [5.74, 6) is 0.614. The average molecular weight is 330 g/mol. The number of nitrogens with zero attached hydrogens (tertiary/aromatic N) is 1. The maximum atomic E-state index is 12.3. The van der Waals surface area contributed by atoms with E-state index in [1.807, 2.05) is 31.5 Å². The van der Waals surface area contributed by atoms with E-state index >= 15 is 0 Å². The van der Waals surface area contributed by atoms with E-state index < -0.39 is 0 Å². The molecule has 0 aliphatic heterocycles. The predicted octanol–water partition coefficient (Wildman–Crippen LogP) is 4.01. The van der Waals surface area contributed by atoms with Gasteiger partial charge in [-0.1, -0.05) is 44.2 Å². The molecule has 1 unspecified atom stereocenters. The molecule has 1 aromatic heterocycles. The van der Waals surface area contributed by atoms with Crippen LogP contribution in [0.4, 0.5) is 0 Å². The average Bonchev–Trinajstić information content (AvgIpc) is 3.05. The van der Waals surface area contributed by atoms with E-state index in [4.69, 9.17) is 0 Å². The number of hydrogen-bond donors (Lipinski definition) is 1. The molecule has 124 valence electrons. The van der Waals surface area contributed by atoms with Gasteiger partial charge in [-0.05, 0) is 42.5 Å². The number of amides is 1. The summed E-state index contributed by atoms with van der Waals surface area (Å²) in [6.45, 7) is 7.72. The van der Waals surface area contributed by atoms with Crippen molar-refractivity contribution in [1.29, 1.82) is 0 Å².